The van der Waals surface area contributed by atoms with Gasteiger partial charge in [0.15, 0.2) is 5.76 Å². The summed E-state index contributed by atoms with van der Waals surface area (Å²) in [5, 5.41) is 3.54. The number of rotatable bonds is 7. The smallest absolute Gasteiger partial charge is 0.348 e. The third-order valence-electron chi connectivity index (χ3n) is 4.28. The van der Waals surface area contributed by atoms with Gasteiger partial charge in [-0.25, -0.2) is 9.59 Å². The maximum atomic E-state index is 12.7. The summed E-state index contributed by atoms with van der Waals surface area (Å²) in [6, 6.07) is 7.82. The van der Waals surface area contributed by atoms with E-state index in [1.807, 2.05) is 0 Å². The molecule has 0 unspecified atom stereocenters. The Morgan fingerprint density at radius 3 is 2.44 bits per heavy atom. The van der Waals surface area contributed by atoms with Crippen molar-refractivity contribution in [2.45, 2.75) is 13.5 Å². The van der Waals surface area contributed by atoms with Crippen LogP contribution in [0.4, 0.5) is 5.00 Å². The third kappa shape index (κ3) is 5.07. The van der Waals surface area contributed by atoms with E-state index in [2.05, 4.69) is 5.32 Å². The molecule has 0 atom stereocenters. The fourth-order valence-corrected chi connectivity index (χ4v) is 4.29. The number of hydrogen-bond acceptors (Lipinski definition) is 8. The molecule has 1 aromatic carbocycles. The number of halogens is 2. The summed E-state index contributed by atoms with van der Waals surface area (Å²) in [6.45, 7) is 1.58. The molecule has 3 rings (SSSR count). The molecule has 0 radical (unpaired) electrons. The summed E-state index contributed by atoms with van der Waals surface area (Å²) in [5.74, 6) is -1.19. The SMILES string of the molecule is COC(=O)c1sc(NC(=O)c2ccc(COc3ccc(Cl)cc3Cl)o2)c(C(=O)OC)c1C. The van der Waals surface area contributed by atoms with Gasteiger partial charge in [0.05, 0.1) is 24.8 Å². The molecule has 1 amide bonds. The average Bonchev–Trinajstić information content (AvgIpc) is 3.37. The minimum absolute atomic E-state index is 0.0205. The van der Waals surface area contributed by atoms with Crippen LogP contribution in [0.5, 0.6) is 5.75 Å². The van der Waals surface area contributed by atoms with E-state index in [1.165, 1.54) is 20.3 Å². The van der Waals surface area contributed by atoms with E-state index >= 15 is 0 Å². The number of esters is 2. The van der Waals surface area contributed by atoms with Crippen molar-refractivity contribution in [3.8, 4) is 5.75 Å². The fraction of sp³-hybridized carbons (Fsp3) is 0.190. The van der Waals surface area contributed by atoms with Crippen molar-refractivity contribution in [2.75, 3.05) is 19.5 Å². The maximum absolute atomic E-state index is 12.7. The normalized spacial score (nSPS) is 10.5. The lowest BCUT2D eigenvalue weighted by molar-refractivity contribution is 0.0601. The Morgan fingerprint density at radius 2 is 1.78 bits per heavy atom. The number of ether oxygens (including phenoxy) is 3. The first-order valence-corrected chi connectivity index (χ1v) is 10.6. The molecule has 0 aliphatic heterocycles. The first-order chi connectivity index (χ1) is 15.2. The van der Waals surface area contributed by atoms with E-state index in [0.717, 1.165) is 11.3 Å². The lowest BCUT2D eigenvalue weighted by Crippen LogP contribution is -2.13. The molecule has 8 nitrogen and oxygen atoms in total. The van der Waals surface area contributed by atoms with Crippen LogP contribution in [0.3, 0.4) is 0 Å². The predicted octanol–water partition coefficient (Wildman–Crippen LogP) is 5.36. The van der Waals surface area contributed by atoms with Gasteiger partial charge in [-0.15, -0.1) is 11.3 Å². The summed E-state index contributed by atoms with van der Waals surface area (Å²) in [4.78, 5) is 37.0. The van der Waals surface area contributed by atoms with Gasteiger partial charge in [-0.2, -0.15) is 0 Å². The molecule has 0 saturated heterocycles. The van der Waals surface area contributed by atoms with Gasteiger partial charge in [-0.3, -0.25) is 4.79 Å². The number of nitrogens with one attached hydrogen (secondary N) is 1. The quantitative estimate of drug-likeness (QED) is 0.438. The second-order valence-corrected chi connectivity index (χ2v) is 8.19. The van der Waals surface area contributed by atoms with Gasteiger partial charge in [0.2, 0.25) is 0 Å². The summed E-state index contributed by atoms with van der Waals surface area (Å²) < 4.78 is 20.6. The van der Waals surface area contributed by atoms with Gasteiger partial charge in [-0.1, -0.05) is 23.2 Å². The molecular weight excluding hydrogens is 481 g/mol. The largest absolute Gasteiger partial charge is 0.484 e. The van der Waals surface area contributed by atoms with E-state index in [1.54, 1.807) is 31.2 Å². The molecule has 0 fully saturated rings. The van der Waals surface area contributed by atoms with Crippen molar-refractivity contribution >= 4 is 57.4 Å². The number of furan rings is 1. The lowest BCUT2D eigenvalue weighted by Gasteiger charge is -2.06. The van der Waals surface area contributed by atoms with Crippen molar-refractivity contribution in [3.63, 3.8) is 0 Å². The average molecular weight is 498 g/mol. The molecule has 2 aromatic heterocycles. The predicted molar refractivity (Wildman–Crippen MR) is 119 cm³/mol. The van der Waals surface area contributed by atoms with Gasteiger partial charge in [-0.05, 0) is 42.8 Å². The number of carbonyl (C=O) groups is 3. The number of anilines is 1. The molecular formula is C21H17Cl2NO7S. The van der Waals surface area contributed by atoms with Crippen LogP contribution in [-0.4, -0.2) is 32.1 Å². The minimum Gasteiger partial charge on any atom is -0.484 e. The van der Waals surface area contributed by atoms with Crippen LogP contribution in [0.15, 0.2) is 34.7 Å². The van der Waals surface area contributed by atoms with Crippen LogP contribution in [0.25, 0.3) is 0 Å². The van der Waals surface area contributed by atoms with Crippen LogP contribution >= 0.6 is 34.5 Å². The lowest BCUT2D eigenvalue weighted by atomic mass is 10.1. The van der Waals surface area contributed by atoms with Crippen LogP contribution in [0, 0.1) is 6.92 Å². The molecule has 1 N–H and O–H groups in total. The van der Waals surface area contributed by atoms with Gasteiger partial charge in [0, 0.05) is 5.02 Å². The number of amides is 1. The summed E-state index contributed by atoms with van der Waals surface area (Å²) >= 11 is 12.8. The highest BCUT2D eigenvalue weighted by Crippen LogP contribution is 2.34. The molecule has 0 spiro atoms. The van der Waals surface area contributed by atoms with E-state index in [-0.39, 0.29) is 27.8 Å². The zero-order chi connectivity index (χ0) is 23.4. The van der Waals surface area contributed by atoms with Crippen LogP contribution < -0.4 is 10.1 Å². The Kier molecular flexibility index (Phi) is 7.44. The van der Waals surface area contributed by atoms with E-state index < -0.39 is 17.8 Å². The Bertz CT molecular complexity index is 1190. The Hall–Kier alpha value is -3.01. The number of methoxy groups -OCH3 is 2. The van der Waals surface area contributed by atoms with Crippen molar-refractivity contribution < 1.29 is 33.0 Å². The Morgan fingerprint density at radius 1 is 1.06 bits per heavy atom. The van der Waals surface area contributed by atoms with Gasteiger partial charge in [0.1, 0.15) is 28.0 Å². The van der Waals surface area contributed by atoms with E-state index in [0.29, 0.717) is 27.1 Å². The van der Waals surface area contributed by atoms with Crippen molar-refractivity contribution in [2.24, 2.45) is 0 Å². The first-order valence-electron chi connectivity index (χ1n) is 9.03. The van der Waals surface area contributed by atoms with Crippen molar-refractivity contribution in [1.82, 2.24) is 0 Å². The molecule has 168 valence electrons. The highest BCUT2D eigenvalue weighted by atomic mass is 35.5. The fourth-order valence-electron chi connectivity index (χ4n) is 2.72. The highest BCUT2D eigenvalue weighted by molar-refractivity contribution is 7.18. The van der Waals surface area contributed by atoms with Crippen LogP contribution in [0.2, 0.25) is 10.0 Å². The number of thiophene rings is 1. The van der Waals surface area contributed by atoms with Crippen LogP contribution in [-0.2, 0) is 16.1 Å². The number of carbonyl (C=O) groups excluding carboxylic acids is 3. The first kappa shape index (κ1) is 23.6. The second-order valence-electron chi connectivity index (χ2n) is 6.33. The highest BCUT2D eigenvalue weighted by Gasteiger charge is 2.27. The Balaban J connectivity index is 1.76. The zero-order valence-corrected chi connectivity index (χ0v) is 19.4. The summed E-state index contributed by atoms with van der Waals surface area (Å²) in [7, 11) is 2.43. The van der Waals surface area contributed by atoms with Crippen molar-refractivity contribution in [1.29, 1.82) is 0 Å². The molecule has 11 heteroatoms. The van der Waals surface area contributed by atoms with Gasteiger partial charge >= 0.3 is 11.9 Å². The molecule has 2 heterocycles. The topological polar surface area (TPSA) is 104 Å². The standard InChI is InChI=1S/C21H17Cl2NO7S/c1-10-16(20(26)28-2)19(32-17(10)21(27)29-3)24-18(25)15-7-5-12(31-15)9-30-14-6-4-11(22)8-13(14)23/h4-8H,9H2,1-3H3,(H,24,25). The van der Waals surface area contributed by atoms with E-state index in [9.17, 15) is 14.4 Å². The second kappa shape index (κ2) is 10.1. The molecule has 32 heavy (non-hydrogen) atoms. The number of hydrogen-bond donors (Lipinski definition) is 1. The molecule has 3 aromatic rings. The van der Waals surface area contributed by atoms with Crippen molar-refractivity contribution in [3.05, 3.63) is 67.9 Å². The minimum atomic E-state index is -0.697. The summed E-state index contributed by atoms with van der Waals surface area (Å²) in [5.41, 5.74) is 0.413. The Labute approximate surface area is 197 Å². The van der Waals surface area contributed by atoms with Crippen LogP contribution in [0.1, 0.15) is 41.9 Å². The third-order valence-corrected chi connectivity index (χ3v) is 6.00. The van der Waals surface area contributed by atoms with Gasteiger partial charge in [0.25, 0.3) is 5.91 Å². The van der Waals surface area contributed by atoms with Gasteiger partial charge < -0.3 is 23.9 Å². The van der Waals surface area contributed by atoms with E-state index in [4.69, 9.17) is 41.8 Å². The molecule has 0 bridgehead atoms. The monoisotopic (exact) mass is 497 g/mol. The molecule has 0 aliphatic rings. The maximum Gasteiger partial charge on any atom is 0.348 e. The number of benzene rings is 1. The zero-order valence-electron chi connectivity index (χ0n) is 17.1. The molecule has 0 aliphatic carbocycles. The molecule has 0 saturated carbocycles. The summed E-state index contributed by atoms with van der Waals surface area (Å²) in [6.07, 6.45) is 0.